The fraction of sp³-hybridized carbons (Fsp3) is 0.240. The molecule has 2 heterocycles. The highest BCUT2D eigenvalue weighted by Crippen LogP contribution is 2.23. The molecule has 1 aliphatic heterocycles. The molecule has 170 valence electrons. The molecule has 1 aliphatic rings. The van der Waals surface area contributed by atoms with Crippen molar-refractivity contribution in [3.05, 3.63) is 82.0 Å². The van der Waals surface area contributed by atoms with E-state index in [0.717, 1.165) is 31.5 Å². The molecule has 33 heavy (non-hydrogen) atoms. The number of nitrogens with one attached hydrogen (secondary N) is 2. The van der Waals surface area contributed by atoms with Crippen LogP contribution in [0, 0.1) is 0 Å². The van der Waals surface area contributed by atoms with E-state index < -0.39 is 0 Å². The molecule has 0 unspecified atom stereocenters. The van der Waals surface area contributed by atoms with Gasteiger partial charge in [-0.15, -0.1) is 11.3 Å². The summed E-state index contributed by atoms with van der Waals surface area (Å²) in [6.07, 6.45) is 2.07. The molecule has 0 bridgehead atoms. The highest BCUT2D eigenvalue weighted by atomic mass is 32.1. The SMILES string of the molecule is CN(C(=O)c1cccs1)c1ccccc1C(=O)NCc1cccc(NC(=O)N2CCCC2)c1. The largest absolute Gasteiger partial charge is 0.348 e. The summed E-state index contributed by atoms with van der Waals surface area (Å²) in [5.41, 5.74) is 2.52. The molecule has 4 amide bonds. The van der Waals surface area contributed by atoms with E-state index >= 15 is 0 Å². The minimum absolute atomic E-state index is 0.0962. The third kappa shape index (κ3) is 5.40. The molecule has 0 radical (unpaired) electrons. The number of nitrogens with zero attached hydrogens (tertiary/aromatic N) is 2. The number of likely N-dealkylation sites (tertiary alicyclic amines) is 1. The number of rotatable bonds is 6. The van der Waals surface area contributed by atoms with E-state index in [4.69, 9.17) is 0 Å². The first-order valence-electron chi connectivity index (χ1n) is 10.9. The minimum Gasteiger partial charge on any atom is -0.348 e. The maximum atomic E-state index is 13.0. The Balaban J connectivity index is 1.41. The van der Waals surface area contributed by atoms with Gasteiger partial charge in [-0.25, -0.2) is 4.79 Å². The number of carbonyl (C=O) groups is 3. The first-order chi connectivity index (χ1) is 16.0. The number of para-hydroxylation sites is 1. The average Bonchev–Trinajstić information content (AvgIpc) is 3.57. The van der Waals surface area contributed by atoms with Gasteiger partial charge in [-0.05, 0) is 54.1 Å². The molecule has 0 aliphatic carbocycles. The van der Waals surface area contributed by atoms with Crippen LogP contribution in [-0.2, 0) is 6.54 Å². The lowest BCUT2D eigenvalue weighted by molar-refractivity contribution is 0.0951. The zero-order valence-corrected chi connectivity index (χ0v) is 19.2. The average molecular weight is 463 g/mol. The third-order valence-electron chi connectivity index (χ3n) is 5.57. The van der Waals surface area contributed by atoms with E-state index in [1.165, 1.54) is 16.2 Å². The number of anilines is 2. The van der Waals surface area contributed by atoms with Crippen molar-refractivity contribution in [2.24, 2.45) is 0 Å². The molecular formula is C25H26N4O3S. The summed E-state index contributed by atoms with van der Waals surface area (Å²) in [7, 11) is 1.67. The van der Waals surface area contributed by atoms with Crippen molar-refractivity contribution >= 4 is 40.6 Å². The Hall–Kier alpha value is -3.65. The van der Waals surface area contributed by atoms with Crippen LogP contribution in [0.15, 0.2) is 66.0 Å². The third-order valence-corrected chi connectivity index (χ3v) is 6.43. The molecule has 2 aromatic carbocycles. The molecule has 0 spiro atoms. The summed E-state index contributed by atoms with van der Waals surface area (Å²) in [6.45, 7) is 1.86. The maximum absolute atomic E-state index is 13.0. The van der Waals surface area contributed by atoms with Gasteiger partial charge in [0.2, 0.25) is 0 Å². The maximum Gasteiger partial charge on any atom is 0.321 e. The van der Waals surface area contributed by atoms with Gasteiger partial charge in [-0.3, -0.25) is 9.59 Å². The first kappa shape index (κ1) is 22.5. The molecule has 7 nitrogen and oxygen atoms in total. The van der Waals surface area contributed by atoms with Crippen molar-refractivity contribution in [1.82, 2.24) is 10.2 Å². The zero-order valence-electron chi connectivity index (χ0n) is 18.4. The van der Waals surface area contributed by atoms with Gasteiger partial charge in [0, 0.05) is 32.4 Å². The van der Waals surface area contributed by atoms with Crippen LogP contribution in [0.25, 0.3) is 0 Å². The van der Waals surface area contributed by atoms with E-state index in [1.54, 1.807) is 42.3 Å². The lowest BCUT2D eigenvalue weighted by Crippen LogP contribution is -2.32. The second-order valence-corrected chi connectivity index (χ2v) is 8.81. The Morgan fingerprint density at radius 3 is 2.55 bits per heavy atom. The van der Waals surface area contributed by atoms with E-state index in [1.807, 2.05) is 35.7 Å². The van der Waals surface area contributed by atoms with Crippen LogP contribution in [0.4, 0.5) is 16.2 Å². The van der Waals surface area contributed by atoms with E-state index in [0.29, 0.717) is 28.4 Å². The number of urea groups is 1. The normalized spacial score (nSPS) is 12.9. The van der Waals surface area contributed by atoms with Gasteiger partial charge < -0.3 is 20.4 Å². The molecule has 2 N–H and O–H groups in total. The summed E-state index contributed by atoms with van der Waals surface area (Å²) in [5, 5.41) is 7.70. The molecule has 1 saturated heterocycles. The number of hydrogen-bond acceptors (Lipinski definition) is 4. The summed E-state index contributed by atoms with van der Waals surface area (Å²) >= 11 is 1.36. The lowest BCUT2D eigenvalue weighted by atomic mass is 10.1. The monoisotopic (exact) mass is 462 g/mol. The predicted molar refractivity (Wildman–Crippen MR) is 131 cm³/mol. The minimum atomic E-state index is -0.275. The second-order valence-electron chi connectivity index (χ2n) is 7.87. The first-order valence-corrected chi connectivity index (χ1v) is 11.7. The molecular weight excluding hydrogens is 436 g/mol. The van der Waals surface area contributed by atoms with Crippen LogP contribution in [0.1, 0.15) is 38.4 Å². The standard InChI is InChI=1S/C25H26N4O3S/c1-28(24(31)22-12-7-15-33-22)21-11-3-2-10-20(21)23(30)26-17-18-8-6-9-19(16-18)27-25(32)29-13-4-5-14-29/h2-3,6-12,15-16H,4-5,13-14,17H2,1H3,(H,26,30)(H,27,32). The smallest absolute Gasteiger partial charge is 0.321 e. The number of thiophene rings is 1. The van der Waals surface area contributed by atoms with Gasteiger partial charge in [0.05, 0.1) is 16.1 Å². The summed E-state index contributed by atoms with van der Waals surface area (Å²) in [4.78, 5) is 42.0. The van der Waals surface area contributed by atoms with Crippen LogP contribution < -0.4 is 15.5 Å². The quantitative estimate of drug-likeness (QED) is 0.563. The molecule has 1 aromatic heterocycles. The number of benzene rings is 2. The van der Waals surface area contributed by atoms with Crippen molar-refractivity contribution in [2.45, 2.75) is 19.4 Å². The van der Waals surface area contributed by atoms with Gasteiger partial charge in [0.15, 0.2) is 0 Å². The van der Waals surface area contributed by atoms with Crippen LogP contribution >= 0.6 is 11.3 Å². The Kier molecular flexibility index (Phi) is 7.04. The Morgan fingerprint density at radius 2 is 1.79 bits per heavy atom. The second kappa shape index (κ2) is 10.3. The highest BCUT2D eigenvalue weighted by Gasteiger charge is 2.20. The van der Waals surface area contributed by atoms with E-state index in [2.05, 4.69) is 10.6 Å². The highest BCUT2D eigenvalue weighted by molar-refractivity contribution is 7.12. The van der Waals surface area contributed by atoms with Crippen molar-refractivity contribution in [3.8, 4) is 0 Å². The van der Waals surface area contributed by atoms with Gasteiger partial charge >= 0.3 is 6.03 Å². The van der Waals surface area contributed by atoms with Crippen LogP contribution in [0.3, 0.4) is 0 Å². The summed E-state index contributed by atoms with van der Waals surface area (Å²) in [6, 6.07) is 18.0. The fourth-order valence-corrected chi connectivity index (χ4v) is 4.49. The summed E-state index contributed by atoms with van der Waals surface area (Å²) < 4.78 is 0. The number of amides is 4. The van der Waals surface area contributed by atoms with Crippen LogP contribution in [-0.4, -0.2) is 42.9 Å². The Labute approximate surface area is 197 Å². The molecule has 0 saturated carbocycles. The van der Waals surface area contributed by atoms with Gasteiger partial charge in [0.1, 0.15) is 0 Å². The molecule has 3 aromatic rings. The molecule has 8 heteroatoms. The van der Waals surface area contributed by atoms with Crippen molar-refractivity contribution in [1.29, 1.82) is 0 Å². The number of hydrogen-bond donors (Lipinski definition) is 2. The van der Waals surface area contributed by atoms with Crippen molar-refractivity contribution < 1.29 is 14.4 Å². The topological polar surface area (TPSA) is 81.8 Å². The predicted octanol–water partition coefficient (Wildman–Crippen LogP) is 4.58. The molecule has 0 atom stereocenters. The number of carbonyl (C=O) groups excluding carboxylic acids is 3. The zero-order chi connectivity index (χ0) is 23.2. The lowest BCUT2D eigenvalue weighted by Gasteiger charge is -2.20. The summed E-state index contributed by atoms with van der Waals surface area (Å²) in [5.74, 6) is -0.436. The van der Waals surface area contributed by atoms with Crippen molar-refractivity contribution in [3.63, 3.8) is 0 Å². The molecule has 4 rings (SSSR count). The van der Waals surface area contributed by atoms with E-state index in [-0.39, 0.29) is 17.8 Å². The Bertz CT molecular complexity index is 1140. The van der Waals surface area contributed by atoms with Gasteiger partial charge in [-0.1, -0.05) is 30.3 Å². The Morgan fingerprint density at radius 1 is 1.00 bits per heavy atom. The fourth-order valence-electron chi connectivity index (χ4n) is 3.79. The van der Waals surface area contributed by atoms with E-state index in [9.17, 15) is 14.4 Å². The van der Waals surface area contributed by atoms with Gasteiger partial charge in [0.25, 0.3) is 11.8 Å². The molecule has 1 fully saturated rings. The van der Waals surface area contributed by atoms with Gasteiger partial charge in [-0.2, -0.15) is 0 Å². The van der Waals surface area contributed by atoms with Crippen molar-refractivity contribution in [2.75, 3.05) is 30.4 Å². The van der Waals surface area contributed by atoms with Crippen LogP contribution in [0.5, 0.6) is 0 Å². The van der Waals surface area contributed by atoms with Crippen LogP contribution in [0.2, 0.25) is 0 Å².